The number of para-hydroxylation sites is 1. The zero-order valence-corrected chi connectivity index (χ0v) is 16.3. The maximum Gasteiger partial charge on any atom is 0.348 e. The van der Waals surface area contributed by atoms with Gasteiger partial charge in [0.2, 0.25) is 0 Å². The van der Waals surface area contributed by atoms with Crippen LogP contribution in [-0.2, 0) is 22.4 Å². The van der Waals surface area contributed by atoms with E-state index < -0.39 is 0 Å². The Hall–Kier alpha value is -1.79. The number of carbonyl (C=O) groups excluding carboxylic acids is 2. The standard InChI is InChI=1S/C20H21NO3S2/c1-13-9-10-21(15-6-2-3-7-17(15)25-13)19(22)12-24-20(23)18-11-14-5-4-8-16(14)26-18/h2-3,6-7,11,13H,4-5,8-10,12H2,1H3/t13-/m1/s1. The molecule has 0 saturated carbocycles. The van der Waals surface area contributed by atoms with Crippen LogP contribution in [0.3, 0.4) is 0 Å². The highest BCUT2D eigenvalue weighted by atomic mass is 32.2. The lowest BCUT2D eigenvalue weighted by Gasteiger charge is -2.22. The second-order valence-electron chi connectivity index (χ2n) is 6.72. The van der Waals surface area contributed by atoms with Gasteiger partial charge in [-0.3, -0.25) is 4.79 Å². The fourth-order valence-corrected chi connectivity index (χ4v) is 5.71. The number of ether oxygens (including phenoxy) is 1. The van der Waals surface area contributed by atoms with Crippen LogP contribution in [0.1, 0.15) is 39.9 Å². The summed E-state index contributed by atoms with van der Waals surface area (Å²) in [6.45, 7) is 2.61. The van der Waals surface area contributed by atoms with E-state index in [4.69, 9.17) is 4.74 Å². The Labute approximate surface area is 161 Å². The summed E-state index contributed by atoms with van der Waals surface area (Å²) < 4.78 is 5.34. The van der Waals surface area contributed by atoms with Gasteiger partial charge in [0.15, 0.2) is 6.61 Å². The lowest BCUT2D eigenvalue weighted by molar-refractivity contribution is -0.121. The number of thiophene rings is 1. The number of aryl methyl sites for hydroxylation is 2. The monoisotopic (exact) mass is 387 g/mol. The quantitative estimate of drug-likeness (QED) is 0.736. The van der Waals surface area contributed by atoms with Gasteiger partial charge in [-0.25, -0.2) is 4.79 Å². The molecule has 4 rings (SSSR count). The van der Waals surface area contributed by atoms with E-state index in [-0.39, 0.29) is 18.5 Å². The molecule has 2 heterocycles. The maximum atomic E-state index is 12.7. The van der Waals surface area contributed by atoms with Gasteiger partial charge >= 0.3 is 5.97 Å². The van der Waals surface area contributed by atoms with Crippen molar-refractivity contribution in [2.24, 2.45) is 0 Å². The largest absolute Gasteiger partial charge is 0.451 e. The number of benzene rings is 1. The zero-order chi connectivity index (χ0) is 18.1. The van der Waals surface area contributed by atoms with Crippen molar-refractivity contribution in [3.63, 3.8) is 0 Å². The van der Waals surface area contributed by atoms with Gasteiger partial charge in [-0.05, 0) is 49.4 Å². The lowest BCUT2D eigenvalue weighted by atomic mass is 10.2. The molecule has 0 N–H and O–H groups in total. The Balaban J connectivity index is 1.43. The van der Waals surface area contributed by atoms with Gasteiger partial charge in [-0.1, -0.05) is 19.1 Å². The molecule has 4 nitrogen and oxygen atoms in total. The molecule has 1 aliphatic carbocycles. The number of esters is 1. The first kappa shape index (κ1) is 17.6. The highest BCUT2D eigenvalue weighted by molar-refractivity contribution is 8.00. The molecular formula is C20H21NO3S2. The van der Waals surface area contributed by atoms with Gasteiger partial charge in [0.1, 0.15) is 4.88 Å². The summed E-state index contributed by atoms with van der Waals surface area (Å²) in [5, 5.41) is 0.449. The minimum Gasteiger partial charge on any atom is -0.451 e. The molecule has 0 radical (unpaired) electrons. The third-order valence-corrected chi connectivity index (χ3v) is 7.27. The molecule has 1 amide bonds. The van der Waals surface area contributed by atoms with Gasteiger partial charge < -0.3 is 9.64 Å². The summed E-state index contributed by atoms with van der Waals surface area (Å²) >= 11 is 3.30. The van der Waals surface area contributed by atoms with Crippen molar-refractivity contribution in [1.82, 2.24) is 0 Å². The van der Waals surface area contributed by atoms with E-state index in [1.807, 2.05) is 30.3 Å². The minimum atomic E-state index is -0.386. The van der Waals surface area contributed by atoms with Crippen LogP contribution >= 0.6 is 23.1 Å². The van der Waals surface area contributed by atoms with Crippen molar-refractivity contribution in [2.75, 3.05) is 18.1 Å². The third-order valence-electron chi connectivity index (χ3n) is 4.82. The molecule has 0 saturated heterocycles. The molecule has 0 spiro atoms. The molecule has 1 aliphatic heterocycles. The first-order chi connectivity index (χ1) is 12.6. The average molecular weight is 388 g/mol. The first-order valence-electron chi connectivity index (χ1n) is 8.96. The van der Waals surface area contributed by atoms with E-state index in [1.54, 1.807) is 16.7 Å². The number of thioether (sulfide) groups is 1. The molecule has 0 bridgehead atoms. The fraction of sp³-hybridized carbons (Fsp3) is 0.400. The molecular weight excluding hydrogens is 366 g/mol. The maximum absolute atomic E-state index is 12.7. The van der Waals surface area contributed by atoms with Gasteiger partial charge in [0.25, 0.3) is 5.91 Å². The van der Waals surface area contributed by atoms with E-state index in [1.165, 1.54) is 28.2 Å². The van der Waals surface area contributed by atoms with Gasteiger partial charge in [-0.15, -0.1) is 23.1 Å². The Morgan fingerprint density at radius 3 is 2.96 bits per heavy atom. The van der Waals surface area contributed by atoms with Crippen molar-refractivity contribution in [3.05, 3.63) is 45.6 Å². The van der Waals surface area contributed by atoms with Crippen LogP contribution in [0, 0.1) is 0 Å². The van der Waals surface area contributed by atoms with Crippen LogP contribution in [0.2, 0.25) is 0 Å². The van der Waals surface area contributed by atoms with Crippen LogP contribution < -0.4 is 4.90 Å². The second-order valence-corrected chi connectivity index (χ2v) is 9.34. The molecule has 1 aromatic carbocycles. The molecule has 2 aliphatic rings. The second kappa shape index (κ2) is 7.45. The molecule has 1 aromatic heterocycles. The van der Waals surface area contributed by atoms with Crippen molar-refractivity contribution < 1.29 is 14.3 Å². The smallest absolute Gasteiger partial charge is 0.348 e. The van der Waals surface area contributed by atoms with Crippen molar-refractivity contribution in [3.8, 4) is 0 Å². The van der Waals surface area contributed by atoms with Crippen LogP contribution in [-0.4, -0.2) is 30.3 Å². The molecule has 0 unspecified atom stereocenters. The molecule has 0 fully saturated rings. The third kappa shape index (κ3) is 3.53. The van der Waals surface area contributed by atoms with Crippen molar-refractivity contribution in [2.45, 2.75) is 42.8 Å². The zero-order valence-electron chi connectivity index (χ0n) is 14.7. The van der Waals surface area contributed by atoms with E-state index in [0.717, 1.165) is 29.8 Å². The molecule has 1 atom stereocenters. The number of anilines is 1. The number of fused-ring (bicyclic) bond motifs is 2. The van der Waals surface area contributed by atoms with Crippen LogP contribution in [0.5, 0.6) is 0 Å². The Kier molecular flexibility index (Phi) is 5.05. The molecule has 136 valence electrons. The number of hydrogen-bond donors (Lipinski definition) is 0. The topological polar surface area (TPSA) is 46.6 Å². The van der Waals surface area contributed by atoms with E-state index in [9.17, 15) is 9.59 Å². The molecule has 26 heavy (non-hydrogen) atoms. The van der Waals surface area contributed by atoms with E-state index in [2.05, 4.69) is 6.92 Å². The lowest BCUT2D eigenvalue weighted by Crippen LogP contribution is -2.35. The molecule has 6 heteroatoms. The first-order valence-corrected chi connectivity index (χ1v) is 10.7. The average Bonchev–Trinajstić information content (AvgIpc) is 3.18. The highest BCUT2D eigenvalue weighted by Gasteiger charge is 2.26. The summed E-state index contributed by atoms with van der Waals surface area (Å²) in [6, 6.07) is 9.86. The van der Waals surface area contributed by atoms with Gasteiger partial charge in [-0.2, -0.15) is 0 Å². The summed E-state index contributed by atoms with van der Waals surface area (Å²) in [6.07, 6.45) is 4.17. The van der Waals surface area contributed by atoms with Crippen LogP contribution in [0.4, 0.5) is 5.69 Å². The van der Waals surface area contributed by atoms with Gasteiger partial charge in [0.05, 0.1) is 5.69 Å². The van der Waals surface area contributed by atoms with Gasteiger partial charge in [0, 0.05) is 21.6 Å². The Bertz CT molecular complexity index is 824. The summed E-state index contributed by atoms with van der Waals surface area (Å²) in [5.41, 5.74) is 2.18. The Morgan fingerprint density at radius 1 is 1.27 bits per heavy atom. The number of rotatable bonds is 3. The van der Waals surface area contributed by atoms with E-state index in [0.29, 0.717) is 16.7 Å². The summed E-state index contributed by atoms with van der Waals surface area (Å²) in [4.78, 5) is 29.8. The van der Waals surface area contributed by atoms with Crippen LogP contribution in [0.15, 0.2) is 35.2 Å². The molecule has 2 aromatic rings. The predicted octanol–water partition coefficient (Wildman–Crippen LogP) is 4.31. The number of nitrogens with zero attached hydrogens (tertiary/aromatic N) is 1. The summed E-state index contributed by atoms with van der Waals surface area (Å²) in [7, 11) is 0. The van der Waals surface area contributed by atoms with Crippen molar-refractivity contribution in [1.29, 1.82) is 0 Å². The SMILES string of the molecule is C[C@@H]1CCN(C(=O)COC(=O)c2cc3c(s2)CCC3)c2ccccc2S1. The van der Waals surface area contributed by atoms with Crippen LogP contribution in [0.25, 0.3) is 0 Å². The normalized spacial score (nSPS) is 18.8. The fourth-order valence-electron chi connectivity index (χ4n) is 3.45. The Morgan fingerprint density at radius 2 is 2.12 bits per heavy atom. The number of carbonyl (C=O) groups is 2. The summed E-state index contributed by atoms with van der Waals surface area (Å²) in [5.74, 6) is -0.548. The number of hydrogen-bond acceptors (Lipinski definition) is 5. The highest BCUT2D eigenvalue weighted by Crippen LogP contribution is 2.37. The minimum absolute atomic E-state index is 0.162. The predicted molar refractivity (Wildman–Crippen MR) is 105 cm³/mol. The van der Waals surface area contributed by atoms with E-state index >= 15 is 0 Å². The number of amides is 1. The van der Waals surface area contributed by atoms with Crippen molar-refractivity contribution >= 4 is 40.7 Å².